The zero-order valence-corrected chi connectivity index (χ0v) is 14.5. The van der Waals surface area contributed by atoms with Crippen LogP contribution >= 0.6 is 0 Å². The van der Waals surface area contributed by atoms with Crippen LogP contribution in [-0.2, 0) is 0 Å². The Morgan fingerprint density at radius 2 is 1.60 bits per heavy atom. The number of hydrogen-bond acceptors (Lipinski definition) is 3. The van der Waals surface area contributed by atoms with E-state index in [0.29, 0.717) is 6.04 Å². The van der Waals surface area contributed by atoms with Crippen molar-refractivity contribution in [2.45, 2.75) is 66.0 Å². The van der Waals surface area contributed by atoms with E-state index in [0.717, 1.165) is 18.5 Å². The van der Waals surface area contributed by atoms with Gasteiger partial charge in [0, 0.05) is 44.8 Å². The standard InChI is InChI=1S/C17H37N3/c1-6-9-18-17(15(4)7-2)14-19-10-12-20(13-11-19)16(5)8-3/h15-18H,6-14H2,1-5H3. The van der Waals surface area contributed by atoms with E-state index in [9.17, 15) is 0 Å². The predicted molar refractivity (Wildman–Crippen MR) is 89.3 cm³/mol. The molecule has 1 N–H and O–H groups in total. The molecular formula is C17H37N3. The molecule has 3 heteroatoms. The summed E-state index contributed by atoms with van der Waals surface area (Å²) in [7, 11) is 0. The lowest BCUT2D eigenvalue weighted by atomic mass is 9.98. The molecule has 0 aliphatic carbocycles. The molecule has 3 atom stereocenters. The molecule has 0 radical (unpaired) electrons. The molecule has 1 fully saturated rings. The van der Waals surface area contributed by atoms with Crippen LogP contribution < -0.4 is 5.32 Å². The fraction of sp³-hybridized carbons (Fsp3) is 1.00. The van der Waals surface area contributed by atoms with Gasteiger partial charge in [0.05, 0.1) is 0 Å². The Morgan fingerprint density at radius 1 is 0.950 bits per heavy atom. The van der Waals surface area contributed by atoms with Gasteiger partial charge >= 0.3 is 0 Å². The topological polar surface area (TPSA) is 18.5 Å². The van der Waals surface area contributed by atoms with Crippen molar-refractivity contribution in [3.05, 3.63) is 0 Å². The van der Waals surface area contributed by atoms with Crippen LogP contribution in [0.4, 0.5) is 0 Å². The molecular weight excluding hydrogens is 246 g/mol. The average molecular weight is 284 g/mol. The third kappa shape index (κ3) is 5.71. The molecule has 1 heterocycles. The molecule has 1 rings (SSSR count). The summed E-state index contributed by atoms with van der Waals surface area (Å²) >= 11 is 0. The number of piperazine rings is 1. The van der Waals surface area contributed by atoms with Gasteiger partial charge in [-0.1, -0.05) is 34.1 Å². The van der Waals surface area contributed by atoms with E-state index in [1.165, 1.54) is 52.0 Å². The fourth-order valence-corrected chi connectivity index (χ4v) is 2.98. The summed E-state index contributed by atoms with van der Waals surface area (Å²) in [5, 5.41) is 3.76. The first-order valence-corrected chi connectivity index (χ1v) is 8.82. The Morgan fingerprint density at radius 3 is 2.10 bits per heavy atom. The Kier molecular flexibility index (Phi) is 8.74. The molecule has 3 nitrogen and oxygen atoms in total. The van der Waals surface area contributed by atoms with Crippen LogP contribution in [-0.4, -0.2) is 61.2 Å². The molecule has 0 aromatic heterocycles. The van der Waals surface area contributed by atoms with Crippen LogP contribution in [0.2, 0.25) is 0 Å². The third-order valence-corrected chi connectivity index (χ3v) is 5.06. The minimum Gasteiger partial charge on any atom is -0.312 e. The van der Waals surface area contributed by atoms with E-state index in [2.05, 4.69) is 49.7 Å². The summed E-state index contributed by atoms with van der Waals surface area (Å²) in [4.78, 5) is 5.31. The molecule has 3 unspecified atom stereocenters. The quantitative estimate of drug-likeness (QED) is 0.702. The summed E-state index contributed by atoms with van der Waals surface area (Å²) < 4.78 is 0. The van der Waals surface area contributed by atoms with Gasteiger partial charge in [-0.05, 0) is 32.2 Å². The highest BCUT2D eigenvalue weighted by Crippen LogP contribution is 2.13. The van der Waals surface area contributed by atoms with Crippen molar-refractivity contribution in [3.63, 3.8) is 0 Å². The second-order valence-electron chi connectivity index (χ2n) is 6.54. The molecule has 0 spiro atoms. The first-order valence-electron chi connectivity index (χ1n) is 8.82. The molecule has 0 amide bonds. The minimum absolute atomic E-state index is 0.662. The Hall–Kier alpha value is -0.120. The van der Waals surface area contributed by atoms with Gasteiger partial charge in [0.2, 0.25) is 0 Å². The number of rotatable bonds is 9. The second-order valence-corrected chi connectivity index (χ2v) is 6.54. The first-order chi connectivity index (χ1) is 9.62. The summed E-state index contributed by atoms with van der Waals surface area (Å²) in [6.07, 6.45) is 3.77. The van der Waals surface area contributed by atoms with Gasteiger partial charge in [0.1, 0.15) is 0 Å². The number of nitrogens with one attached hydrogen (secondary N) is 1. The van der Waals surface area contributed by atoms with Gasteiger partial charge in [0.25, 0.3) is 0 Å². The van der Waals surface area contributed by atoms with Crippen molar-refractivity contribution in [1.82, 2.24) is 15.1 Å². The Balaban J connectivity index is 2.38. The van der Waals surface area contributed by atoms with Crippen molar-refractivity contribution in [1.29, 1.82) is 0 Å². The van der Waals surface area contributed by atoms with Gasteiger partial charge in [-0.15, -0.1) is 0 Å². The van der Waals surface area contributed by atoms with Gasteiger partial charge < -0.3 is 5.32 Å². The SMILES string of the molecule is CCCNC(CN1CCN(C(C)CC)CC1)C(C)CC. The van der Waals surface area contributed by atoms with Crippen molar-refractivity contribution in [2.24, 2.45) is 5.92 Å². The minimum atomic E-state index is 0.662. The molecule has 1 aliphatic rings. The molecule has 20 heavy (non-hydrogen) atoms. The molecule has 120 valence electrons. The number of hydrogen-bond donors (Lipinski definition) is 1. The maximum Gasteiger partial charge on any atom is 0.0220 e. The highest BCUT2D eigenvalue weighted by Gasteiger charge is 2.23. The average Bonchev–Trinajstić information content (AvgIpc) is 2.50. The molecule has 1 saturated heterocycles. The maximum absolute atomic E-state index is 3.76. The van der Waals surface area contributed by atoms with E-state index >= 15 is 0 Å². The first kappa shape index (κ1) is 17.9. The zero-order chi connectivity index (χ0) is 15.0. The second kappa shape index (κ2) is 9.75. The third-order valence-electron chi connectivity index (χ3n) is 5.06. The van der Waals surface area contributed by atoms with Gasteiger partial charge in [-0.2, -0.15) is 0 Å². The maximum atomic E-state index is 3.76. The lowest BCUT2D eigenvalue weighted by molar-refractivity contribution is 0.0884. The lowest BCUT2D eigenvalue weighted by Gasteiger charge is -2.40. The van der Waals surface area contributed by atoms with Gasteiger partial charge in [-0.25, -0.2) is 0 Å². The van der Waals surface area contributed by atoms with E-state index in [4.69, 9.17) is 0 Å². The molecule has 0 saturated carbocycles. The largest absolute Gasteiger partial charge is 0.312 e. The van der Waals surface area contributed by atoms with Crippen molar-refractivity contribution in [3.8, 4) is 0 Å². The Bertz CT molecular complexity index is 236. The Labute approximate surface area is 127 Å². The van der Waals surface area contributed by atoms with Crippen LogP contribution in [0.3, 0.4) is 0 Å². The van der Waals surface area contributed by atoms with E-state index in [1.807, 2.05) is 0 Å². The smallest absolute Gasteiger partial charge is 0.0220 e. The molecule has 0 aromatic rings. The van der Waals surface area contributed by atoms with Crippen molar-refractivity contribution >= 4 is 0 Å². The van der Waals surface area contributed by atoms with Crippen LogP contribution in [0.1, 0.15) is 53.9 Å². The lowest BCUT2D eigenvalue weighted by Crippen LogP contribution is -2.53. The van der Waals surface area contributed by atoms with Gasteiger partial charge in [0.15, 0.2) is 0 Å². The highest BCUT2D eigenvalue weighted by molar-refractivity contribution is 4.81. The summed E-state index contributed by atoms with van der Waals surface area (Å²) in [5.41, 5.74) is 0. The van der Waals surface area contributed by atoms with E-state index in [-0.39, 0.29) is 0 Å². The monoisotopic (exact) mass is 283 g/mol. The van der Waals surface area contributed by atoms with Crippen LogP contribution in [0, 0.1) is 5.92 Å². The normalized spacial score (nSPS) is 22.6. The highest BCUT2D eigenvalue weighted by atomic mass is 15.3. The van der Waals surface area contributed by atoms with E-state index in [1.54, 1.807) is 0 Å². The summed E-state index contributed by atoms with van der Waals surface area (Å²) in [6.45, 7) is 19.0. The number of nitrogens with zero attached hydrogens (tertiary/aromatic N) is 2. The van der Waals surface area contributed by atoms with Crippen molar-refractivity contribution < 1.29 is 0 Å². The predicted octanol–water partition coefficient (Wildman–Crippen LogP) is 2.82. The van der Waals surface area contributed by atoms with Crippen LogP contribution in [0.5, 0.6) is 0 Å². The molecule has 0 bridgehead atoms. The fourth-order valence-electron chi connectivity index (χ4n) is 2.98. The van der Waals surface area contributed by atoms with E-state index < -0.39 is 0 Å². The molecule has 0 aromatic carbocycles. The summed E-state index contributed by atoms with van der Waals surface area (Å²) in [5.74, 6) is 0.772. The van der Waals surface area contributed by atoms with Crippen LogP contribution in [0.15, 0.2) is 0 Å². The van der Waals surface area contributed by atoms with Gasteiger partial charge in [-0.3, -0.25) is 9.80 Å². The zero-order valence-electron chi connectivity index (χ0n) is 14.5. The van der Waals surface area contributed by atoms with Crippen molar-refractivity contribution in [2.75, 3.05) is 39.3 Å². The molecule has 1 aliphatic heterocycles. The van der Waals surface area contributed by atoms with Crippen LogP contribution in [0.25, 0.3) is 0 Å². The summed E-state index contributed by atoms with van der Waals surface area (Å²) in [6, 6.07) is 1.41.